The van der Waals surface area contributed by atoms with Crippen molar-refractivity contribution in [1.29, 1.82) is 0 Å². The van der Waals surface area contributed by atoms with Crippen LogP contribution in [0.25, 0.3) is 0 Å². The van der Waals surface area contributed by atoms with Crippen LogP contribution in [-0.4, -0.2) is 69.7 Å². The molecule has 0 aliphatic carbocycles. The van der Waals surface area contributed by atoms with Crippen LogP contribution in [0.3, 0.4) is 0 Å². The van der Waals surface area contributed by atoms with E-state index in [1.807, 2.05) is 0 Å². The van der Waals surface area contributed by atoms with Crippen molar-refractivity contribution >= 4 is 15.6 Å². The third-order valence-corrected chi connectivity index (χ3v) is 13.1. The van der Waals surface area contributed by atoms with Gasteiger partial charge >= 0.3 is 0 Å². The summed E-state index contributed by atoms with van der Waals surface area (Å²) in [5.41, 5.74) is 10.8. The molecule has 6 atom stereocenters. The highest BCUT2D eigenvalue weighted by atomic mass is 31.2. The Morgan fingerprint density at radius 3 is 1.19 bits per heavy atom. The lowest BCUT2D eigenvalue weighted by Crippen LogP contribution is -2.37. The van der Waals surface area contributed by atoms with Crippen LogP contribution in [0.5, 0.6) is 0 Å². The normalized spacial score (nSPS) is 22.2. The van der Waals surface area contributed by atoms with Gasteiger partial charge in [0.05, 0.1) is 26.4 Å². The van der Waals surface area contributed by atoms with Gasteiger partial charge in [-0.05, 0) is 77.0 Å². The molecule has 0 amide bonds. The first-order chi connectivity index (χ1) is 30.1. The van der Waals surface area contributed by atoms with E-state index in [1.165, 1.54) is 77.0 Å². The largest absolute Gasteiger partial charge is 0.756 e. The summed E-state index contributed by atoms with van der Waals surface area (Å²) in [6, 6.07) is 0. The van der Waals surface area contributed by atoms with E-state index in [-0.39, 0.29) is 26.3 Å². The average Bonchev–Trinajstić information content (AvgIpc) is 3.78. The summed E-state index contributed by atoms with van der Waals surface area (Å²) in [7, 11) is -9.35. The Balaban J connectivity index is 1.95. The van der Waals surface area contributed by atoms with Gasteiger partial charge in [0.2, 0.25) is 0 Å². The van der Waals surface area contributed by atoms with E-state index in [0.717, 1.165) is 77.0 Å². The molecule has 2 aliphatic rings. The number of nitrogens with two attached hydrogens (primary N) is 2. The molecule has 3 unspecified atom stereocenters. The molecule has 2 saturated heterocycles. The molecule has 15 heteroatoms. The van der Waals surface area contributed by atoms with Gasteiger partial charge in [0.15, 0.2) is 5.79 Å². The number of hydrogen-bond donors (Lipinski definition) is 2. The Kier molecular flexibility index (Phi) is 33.3. The summed E-state index contributed by atoms with van der Waals surface area (Å²) >= 11 is 0. The van der Waals surface area contributed by atoms with Crippen molar-refractivity contribution < 1.29 is 51.2 Å². The van der Waals surface area contributed by atoms with Crippen LogP contribution in [0.1, 0.15) is 181 Å². The summed E-state index contributed by atoms with van der Waals surface area (Å²) in [6.07, 6.45) is 43.7. The summed E-state index contributed by atoms with van der Waals surface area (Å²) in [5.74, 6) is -0.936. The molecule has 0 aromatic rings. The second-order valence-corrected chi connectivity index (χ2v) is 19.5. The van der Waals surface area contributed by atoms with Crippen LogP contribution in [0.15, 0.2) is 48.6 Å². The smallest absolute Gasteiger partial charge is 0.268 e. The zero-order valence-electron chi connectivity index (χ0n) is 38.6. The Hall–Kier alpha value is -1.02. The first-order valence-electron chi connectivity index (χ1n) is 24.3. The average molecular weight is 917 g/mol. The minimum absolute atomic E-state index is 0.00396. The second kappa shape index (κ2) is 36.1. The lowest BCUT2D eigenvalue weighted by molar-refractivity contribution is -0.239. The van der Waals surface area contributed by atoms with Crippen LogP contribution < -0.4 is 21.3 Å². The van der Waals surface area contributed by atoms with Crippen LogP contribution >= 0.6 is 15.6 Å². The maximum atomic E-state index is 12.4. The van der Waals surface area contributed by atoms with Crippen molar-refractivity contribution in [3.05, 3.63) is 48.6 Å². The van der Waals surface area contributed by atoms with Gasteiger partial charge < -0.3 is 53.6 Å². The van der Waals surface area contributed by atoms with Gasteiger partial charge in [-0.25, -0.2) is 0 Å². The molecular weight excluding hydrogens is 830 g/mol. The molecule has 13 nitrogen and oxygen atoms in total. The van der Waals surface area contributed by atoms with Gasteiger partial charge in [0, 0.05) is 25.9 Å². The molecule has 2 heterocycles. The van der Waals surface area contributed by atoms with E-state index >= 15 is 0 Å². The zero-order valence-corrected chi connectivity index (χ0v) is 40.4. The summed E-state index contributed by atoms with van der Waals surface area (Å²) in [4.78, 5) is 24.8. The first-order valence-corrected chi connectivity index (χ1v) is 27.2. The monoisotopic (exact) mass is 917 g/mol. The Bertz CT molecular complexity index is 1220. The van der Waals surface area contributed by atoms with E-state index in [4.69, 9.17) is 43.8 Å². The van der Waals surface area contributed by atoms with Crippen molar-refractivity contribution in [2.75, 3.05) is 39.5 Å². The molecule has 0 saturated carbocycles. The Morgan fingerprint density at radius 1 is 0.500 bits per heavy atom. The predicted octanol–water partition coefficient (Wildman–Crippen LogP) is 10.6. The minimum atomic E-state index is -4.68. The summed E-state index contributed by atoms with van der Waals surface area (Å²) in [5, 5.41) is 0. The van der Waals surface area contributed by atoms with Crippen LogP contribution in [-0.2, 0) is 41.4 Å². The number of allylic oxidation sites excluding steroid dienone is 8. The van der Waals surface area contributed by atoms with Gasteiger partial charge in [-0.15, -0.1) is 0 Å². The molecule has 4 N–H and O–H groups in total. The van der Waals surface area contributed by atoms with Crippen LogP contribution in [0.2, 0.25) is 0 Å². The van der Waals surface area contributed by atoms with Crippen molar-refractivity contribution in [1.82, 2.24) is 0 Å². The molecule has 0 radical (unpaired) electrons. The first kappa shape index (κ1) is 57.1. The van der Waals surface area contributed by atoms with Crippen molar-refractivity contribution in [2.45, 2.75) is 211 Å². The quantitative estimate of drug-likeness (QED) is 0.0334. The van der Waals surface area contributed by atoms with Gasteiger partial charge in [-0.3, -0.25) is 9.13 Å². The molecule has 0 aromatic heterocycles. The molecule has 2 fully saturated rings. The fourth-order valence-electron chi connectivity index (χ4n) is 7.74. The molecular formula is C47H86N2O11P2-2. The lowest BCUT2D eigenvalue weighted by atomic mass is 9.98. The van der Waals surface area contributed by atoms with Gasteiger partial charge in [0.1, 0.15) is 24.4 Å². The minimum Gasteiger partial charge on any atom is -0.756 e. The number of phosphoric acid groups is 2. The lowest BCUT2D eigenvalue weighted by Gasteiger charge is -2.32. The number of ether oxygens (including phenoxy) is 3. The SMILES string of the molecule is CCCCC/C=C\C/C=C\CCCCCCCCC1(CCCCCCCC/C=C\C/C=C\CCCCC)O[C@H]2[C@H](O1)C(COP(=O)([O-])OCCN)O[C@@H]2COP(=O)([O-])OCCN. The molecule has 362 valence electrons. The molecule has 62 heavy (non-hydrogen) atoms. The van der Waals surface area contributed by atoms with Crippen molar-refractivity contribution in [3.8, 4) is 0 Å². The van der Waals surface area contributed by atoms with E-state index < -0.39 is 59.1 Å². The van der Waals surface area contributed by atoms with E-state index in [0.29, 0.717) is 12.8 Å². The highest BCUT2D eigenvalue weighted by molar-refractivity contribution is 7.46. The van der Waals surface area contributed by atoms with Gasteiger partial charge in [0.25, 0.3) is 15.6 Å². The second-order valence-electron chi connectivity index (χ2n) is 16.7. The van der Waals surface area contributed by atoms with Gasteiger partial charge in [-0.1, -0.05) is 140 Å². The number of rotatable bonds is 42. The fraction of sp³-hybridized carbons (Fsp3) is 0.830. The summed E-state index contributed by atoms with van der Waals surface area (Å²) < 4.78 is 64.4. The highest BCUT2D eigenvalue weighted by Crippen LogP contribution is 2.47. The standard InChI is InChI=1S/C47H88N2O11P2/c1-3-5-7-9-11-13-15-17-19-21-23-25-27-29-31-33-35-47(36-34-32-30-28-26-24-22-20-18-16-14-12-10-8-6-4-2)59-45-43(41-56-61(50,51)54-39-37-48)58-44(46(45)60-47)42-57-62(52,53)55-40-38-49/h11-14,17-20,43-46H,3-10,15-16,21-42,48-49H2,1-2H3,(H,50,51)(H,52,53)/p-2/b13-11-,14-12-,19-17-,20-18-/t43-,44?,45-,46-/m1/s1. The third-order valence-electron chi connectivity index (χ3n) is 11.2. The van der Waals surface area contributed by atoms with Crippen molar-refractivity contribution in [2.24, 2.45) is 11.5 Å². The Morgan fingerprint density at radius 2 is 0.839 bits per heavy atom. The third kappa shape index (κ3) is 27.5. The Labute approximate surface area is 376 Å². The number of hydrogen-bond acceptors (Lipinski definition) is 13. The predicted molar refractivity (Wildman–Crippen MR) is 246 cm³/mol. The maximum Gasteiger partial charge on any atom is 0.268 e. The van der Waals surface area contributed by atoms with Crippen molar-refractivity contribution in [3.63, 3.8) is 0 Å². The number of unbranched alkanes of at least 4 members (excludes halogenated alkanes) is 18. The summed E-state index contributed by atoms with van der Waals surface area (Å²) in [6.45, 7) is 3.22. The molecule has 2 rings (SSSR count). The molecule has 0 spiro atoms. The number of phosphoric ester groups is 2. The fourth-order valence-corrected chi connectivity index (χ4v) is 9.21. The topological polar surface area (TPSA) is 197 Å². The van der Waals surface area contributed by atoms with E-state index in [1.54, 1.807) is 0 Å². The molecule has 0 bridgehead atoms. The maximum absolute atomic E-state index is 12.4. The van der Waals surface area contributed by atoms with Crippen LogP contribution in [0, 0.1) is 0 Å². The molecule has 2 aliphatic heterocycles. The zero-order chi connectivity index (χ0) is 45.0. The van der Waals surface area contributed by atoms with E-state index in [9.17, 15) is 18.9 Å². The highest BCUT2D eigenvalue weighted by Gasteiger charge is 2.58. The molecule has 0 aromatic carbocycles. The van der Waals surface area contributed by atoms with Crippen LogP contribution in [0.4, 0.5) is 0 Å². The van der Waals surface area contributed by atoms with Gasteiger partial charge in [-0.2, -0.15) is 0 Å². The number of fused-ring (bicyclic) bond motifs is 1. The van der Waals surface area contributed by atoms with E-state index in [2.05, 4.69) is 62.5 Å².